The van der Waals surface area contributed by atoms with Crippen molar-refractivity contribution >= 4 is 28.2 Å². The van der Waals surface area contributed by atoms with Crippen LogP contribution in [0.5, 0.6) is 11.5 Å². The van der Waals surface area contributed by atoms with E-state index in [0.29, 0.717) is 35.5 Å². The molecule has 3 atom stereocenters. The van der Waals surface area contributed by atoms with Gasteiger partial charge in [-0.15, -0.1) is 0 Å². The predicted molar refractivity (Wildman–Crippen MR) is 200 cm³/mol. The lowest BCUT2D eigenvalue weighted by molar-refractivity contribution is -0.127. The maximum atomic E-state index is 15.3. The Labute approximate surface area is 312 Å². The number of rotatable bonds is 7. The lowest BCUT2D eigenvalue weighted by atomic mass is 9.75. The van der Waals surface area contributed by atoms with Gasteiger partial charge in [-0.3, -0.25) is 14.2 Å². The number of halogens is 2. The fourth-order valence-electron chi connectivity index (χ4n) is 9.41. The minimum atomic E-state index is -0.824. The molecule has 2 unspecified atom stereocenters. The normalized spacial score (nSPS) is 25.7. The van der Waals surface area contributed by atoms with Crippen LogP contribution in [0.2, 0.25) is 0 Å². The lowest BCUT2D eigenvalue weighted by Crippen LogP contribution is -2.49. The number of carbonyl (C=O) groups excluding carboxylic acids is 1. The van der Waals surface area contributed by atoms with Crippen molar-refractivity contribution in [2.24, 2.45) is 5.41 Å². The van der Waals surface area contributed by atoms with Gasteiger partial charge in [0, 0.05) is 17.8 Å². The third-order valence-electron chi connectivity index (χ3n) is 12.5. The second-order valence-electron chi connectivity index (χ2n) is 15.7. The van der Waals surface area contributed by atoms with Gasteiger partial charge in [-0.1, -0.05) is 6.07 Å². The Morgan fingerprint density at radius 1 is 0.944 bits per heavy atom. The van der Waals surface area contributed by atoms with Crippen molar-refractivity contribution in [3.05, 3.63) is 88.0 Å². The van der Waals surface area contributed by atoms with Crippen molar-refractivity contribution in [1.82, 2.24) is 19.8 Å². The number of aliphatic hydroxyl groups is 1. The molecule has 8 rings (SSSR count). The molecule has 4 aromatic rings. The molecule has 3 heterocycles. The number of aliphatic hydroxyl groups excluding tert-OH is 1. The minimum Gasteiger partial charge on any atom is -0.453 e. The fourth-order valence-corrected chi connectivity index (χ4v) is 9.41. The minimum absolute atomic E-state index is 0.0294. The van der Waals surface area contributed by atoms with Crippen molar-refractivity contribution in [2.75, 3.05) is 24.1 Å². The van der Waals surface area contributed by atoms with Crippen LogP contribution in [0.25, 0.3) is 10.9 Å². The number of nitriles is 1. The average molecular weight is 738 g/mol. The van der Waals surface area contributed by atoms with Crippen LogP contribution in [0.3, 0.4) is 0 Å². The number of anilines is 2. The Bertz CT molecular complexity index is 2170. The quantitative estimate of drug-likeness (QED) is 0.156. The summed E-state index contributed by atoms with van der Waals surface area (Å²) in [6.07, 6.45) is 10.7. The van der Waals surface area contributed by atoms with Crippen molar-refractivity contribution in [2.45, 2.75) is 101 Å². The summed E-state index contributed by atoms with van der Waals surface area (Å²) >= 11 is 0. The largest absolute Gasteiger partial charge is 0.453 e. The number of carbonyl (C=O) groups is 1. The van der Waals surface area contributed by atoms with E-state index in [-0.39, 0.29) is 57.4 Å². The Morgan fingerprint density at radius 3 is 2.48 bits per heavy atom. The van der Waals surface area contributed by atoms with Crippen LogP contribution < -0.4 is 26.7 Å². The lowest BCUT2D eigenvalue weighted by Gasteiger charge is -2.45. The maximum Gasteiger partial charge on any atom is 0.261 e. The van der Waals surface area contributed by atoms with Gasteiger partial charge in [-0.2, -0.15) is 5.26 Å². The molecule has 2 saturated heterocycles. The summed E-state index contributed by atoms with van der Waals surface area (Å²) in [6, 6.07) is 14.4. The van der Waals surface area contributed by atoms with Gasteiger partial charge >= 0.3 is 0 Å². The summed E-state index contributed by atoms with van der Waals surface area (Å²) in [7, 11) is 0. The second kappa shape index (κ2) is 14.6. The topological polar surface area (TPSA) is 159 Å². The number of nitrogens with zero attached hydrogens (tertiary/aromatic N) is 4. The SMILES string of the molecule is N#Cc1c(N)ccc(F)c1Oc1ccc2ncn([C@H]3CCC4(CCN(C5CCC(c6ccc(NC7CCC(O)NC7=O)cc6F)CC5)CC4)C3)c(=O)c2c1. The zero-order valence-electron chi connectivity index (χ0n) is 30.1. The molecule has 11 nitrogen and oxygen atoms in total. The zero-order chi connectivity index (χ0) is 37.6. The van der Waals surface area contributed by atoms with Crippen molar-refractivity contribution in [1.29, 1.82) is 5.26 Å². The van der Waals surface area contributed by atoms with Crippen LogP contribution in [0.1, 0.15) is 93.7 Å². The first-order valence-corrected chi connectivity index (χ1v) is 19.0. The number of likely N-dealkylation sites (tertiary alicyclic amines) is 1. The van der Waals surface area contributed by atoms with Gasteiger partial charge in [-0.25, -0.2) is 13.8 Å². The van der Waals surface area contributed by atoms with E-state index in [1.54, 1.807) is 29.1 Å². The standard InChI is InChI=1S/C41H45F2N7O4/c42-32-8-9-34(45)31(22-44)38(32)54-28-6-10-35-30(20-28)40(53)50(23-46-35)27-13-14-41(21-27)15-17-49(18-16-41)26-4-1-24(2-5-26)29-7-3-25(19-33(29)43)47-36-11-12-37(51)48-39(36)52/h3,6-10,19-20,23-24,26-27,36-37,47,51H,1-2,4-5,11-18,21,45H2,(H,48,52)/t24?,26?,27-,36?,37?/m0/s1. The zero-order valence-corrected chi connectivity index (χ0v) is 30.1. The molecule has 0 bridgehead atoms. The van der Waals surface area contributed by atoms with Gasteiger partial charge in [0.25, 0.3) is 5.56 Å². The van der Waals surface area contributed by atoms with E-state index in [2.05, 4.69) is 20.5 Å². The molecule has 4 fully saturated rings. The molecule has 13 heteroatoms. The first-order chi connectivity index (χ1) is 26.1. The number of piperidine rings is 2. The molecule has 3 aromatic carbocycles. The van der Waals surface area contributed by atoms with Crippen LogP contribution >= 0.6 is 0 Å². The van der Waals surface area contributed by atoms with E-state index < -0.39 is 18.1 Å². The van der Waals surface area contributed by atoms with E-state index >= 15 is 4.39 Å². The van der Waals surface area contributed by atoms with Gasteiger partial charge in [0.1, 0.15) is 35.5 Å². The van der Waals surface area contributed by atoms with Gasteiger partial charge < -0.3 is 31.1 Å². The molecule has 2 aliphatic carbocycles. The van der Waals surface area contributed by atoms with Gasteiger partial charge in [0.2, 0.25) is 5.91 Å². The Morgan fingerprint density at radius 2 is 1.74 bits per heavy atom. The highest BCUT2D eigenvalue weighted by Crippen LogP contribution is 2.51. The van der Waals surface area contributed by atoms with Crippen LogP contribution in [-0.4, -0.2) is 56.9 Å². The molecule has 2 saturated carbocycles. The summed E-state index contributed by atoms with van der Waals surface area (Å²) in [4.78, 5) is 33.2. The third-order valence-corrected chi connectivity index (χ3v) is 12.5. The van der Waals surface area contributed by atoms with Crippen molar-refractivity contribution in [3.63, 3.8) is 0 Å². The highest BCUT2D eigenvalue weighted by atomic mass is 19.1. The number of aromatic nitrogens is 2. The van der Waals surface area contributed by atoms with Crippen LogP contribution in [0.15, 0.2) is 59.7 Å². The molecule has 1 spiro atoms. The Balaban J connectivity index is 0.863. The van der Waals surface area contributed by atoms with E-state index in [0.717, 1.165) is 82.5 Å². The second-order valence-corrected chi connectivity index (χ2v) is 15.7. The number of nitrogens with one attached hydrogen (secondary N) is 2. The summed E-state index contributed by atoms with van der Waals surface area (Å²) in [5.74, 6) is -1.13. The third kappa shape index (κ3) is 7.00. The van der Waals surface area contributed by atoms with E-state index in [1.165, 1.54) is 12.1 Å². The summed E-state index contributed by atoms with van der Waals surface area (Å²) in [6.45, 7) is 2.03. The molecule has 2 aliphatic heterocycles. The number of hydrogen-bond donors (Lipinski definition) is 4. The number of fused-ring (bicyclic) bond motifs is 1. The number of nitrogen functional groups attached to an aromatic ring is 1. The number of ether oxygens (including phenoxy) is 1. The highest BCUT2D eigenvalue weighted by Gasteiger charge is 2.43. The van der Waals surface area contributed by atoms with Gasteiger partial charge in [0.05, 0.1) is 22.9 Å². The molecule has 1 amide bonds. The molecule has 4 aliphatic rings. The Kier molecular flexibility index (Phi) is 9.74. The average Bonchev–Trinajstić information content (AvgIpc) is 3.58. The first kappa shape index (κ1) is 35.9. The highest BCUT2D eigenvalue weighted by molar-refractivity contribution is 5.85. The smallest absolute Gasteiger partial charge is 0.261 e. The number of benzene rings is 3. The van der Waals surface area contributed by atoms with Gasteiger partial charge in [-0.05, 0) is 143 Å². The number of nitrogens with two attached hydrogens (primary N) is 1. The predicted octanol–water partition coefficient (Wildman–Crippen LogP) is 6.46. The molecule has 54 heavy (non-hydrogen) atoms. The first-order valence-electron chi connectivity index (χ1n) is 19.0. The molecule has 282 valence electrons. The maximum absolute atomic E-state index is 15.3. The summed E-state index contributed by atoms with van der Waals surface area (Å²) in [5, 5.41) is 25.1. The van der Waals surface area contributed by atoms with Gasteiger partial charge in [0.15, 0.2) is 11.6 Å². The number of hydrogen-bond acceptors (Lipinski definition) is 9. The van der Waals surface area contributed by atoms with Crippen LogP contribution in [-0.2, 0) is 4.79 Å². The Hall–Kier alpha value is -5.06. The number of amides is 1. The summed E-state index contributed by atoms with van der Waals surface area (Å²) < 4.78 is 37.4. The molecular weight excluding hydrogens is 692 g/mol. The van der Waals surface area contributed by atoms with Crippen LogP contribution in [0, 0.1) is 28.4 Å². The summed E-state index contributed by atoms with van der Waals surface area (Å²) in [5.41, 5.74) is 7.69. The molecule has 1 aromatic heterocycles. The molecular formula is C41H45F2N7O4. The van der Waals surface area contributed by atoms with Crippen molar-refractivity contribution in [3.8, 4) is 17.6 Å². The fraction of sp³-hybridized carbons (Fsp3) is 0.463. The van der Waals surface area contributed by atoms with E-state index in [1.807, 2.05) is 18.2 Å². The molecule has 5 N–H and O–H groups in total. The van der Waals surface area contributed by atoms with Crippen molar-refractivity contribution < 1.29 is 23.4 Å². The van der Waals surface area contributed by atoms with E-state index in [4.69, 9.17) is 10.5 Å². The van der Waals surface area contributed by atoms with Crippen LogP contribution in [0.4, 0.5) is 20.2 Å². The van der Waals surface area contributed by atoms with E-state index in [9.17, 15) is 24.3 Å². The monoisotopic (exact) mass is 737 g/mol. The molecule has 0 radical (unpaired) electrons.